The Morgan fingerprint density at radius 3 is 2.40 bits per heavy atom. The number of rotatable bonds is 5. The van der Waals surface area contributed by atoms with Crippen LogP contribution in [-0.4, -0.2) is 19.8 Å². The molecule has 3 nitrogen and oxygen atoms in total. The molecule has 0 atom stereocenters. The minimum atomic E-state index is -3.47. The highest BCUT2D eigenvalue weighted by Crippen LogP contribution is 2.23. The maximum Gasteiger partial charge on any atom is 0.243 e. The van der Waals surface area contributed by atoms with Gasteiger partial charge in [0.15, 0.2) is 0 Å². The number of hydrogen-bond donors (Lipinski definition) is 0. The fourth-order valence-electron chi connectivity index (χ4n) is 1.70. The molecule has 0 aliphatic heterocycles. The third kappa shape index (κ3) is 3.62. The van der Waals surface area contributed by atoms with Crippen LogP contribution in [0.3, 0.4) is 0 Å². The Bertz CT molecular complexity index is 683. The highest BCUT2D eigenvalue weighted by molar-refractivity contribution is 9.11. The van der Waals surface area contributed by atoms with Crippen molar-refractivity contribution in [2.24, 2.45) is 0 Å². The first kappa shape index (κ1) is 16.0. The number of sulfonamides is 1. The monoisotopic (exact) mass is 393 g/mol. The molecule has 0 unspecified atom stereocenters. The first-order valence-electron chi connectivity index (χ1n) is 5.77. The number of hydrogen-bond acceptors (Lipinski definition) is 3. The maximum atomic E-state index is 12.4. The van der Waals surface area contributed by atoms with E-state index in [9.17, 15) is 8.42 Å². The van der Waals surface area contributed by atoms with Crippen molar-refractivity contribution in [1.29, 1.82) is 0 Å². The second-order valence-electron chi connectivity index (χ2n) is 4.30. The van der Waals surface area contributed by atoms with Crippen LogP contribution in [0, 0.1) is 0 Å². The van der Waals surface area contributed by atoms with Crippen LogP contribution in [-0.2, 0) is 22.4 Å². The van der Waals surface area contributed by atoms with Crippen molar-refractivity contribution in [3.8, 4) is 0 Å². The predicted molar refractivity (Wildman–Crippen MR) is 86.7 cm³/mol. The van der Waals surface area contributed by atoms with Crippen LogP contribution in [0.5, 0.6) is 0 Å². The Morgan fingerprint density at radius 1 is 1.25 bits per heavy atom. The van der Waals surface area contributed by atoms with Crippen molar-refractivity contribution in [3.63, 3.8) is 0 Å². The Balaban J connectivity index is 2.19. The molecule has 0 aliphatic rings. The summed E-state index contributed by atoms with van der Waals surface area (Å²) in [5, 5.41) is 1.94. The average Bonchev–Trinajstić information content (AvgIpc) is 2.84. The average molecular weight is 395 g/mol. The number of thiophene rings is 1. The van der Waals surface area contributed by atoms with Gasteiger partial charge >= 0.3 is 0 Å². The summed E-state index contributed by atoms with van der Waals surface area (Å²) in [7, 11) is -1.89. The molecule has 2 rings (SSSR count). The zero-order chi connectivity index (χ0) is 14.8. The van der Waals surface area contributed by atoms with Gasteiger partial charge in [-0.1, -0.05) is 12.1 Å². The molecular formula is C13H13BrClNO2S2. The molecule has 2 aromatic rings. The van der Waals surface area contributed by atoms with Gasteiger partial charge in [0.05, 0.1) is 8.68 Å². The molecule has 1 aromatic heterocycles. The second-order valence-corrected chi connectivity index (χ2v) is 8.90. The van der Waals surface area contributed by atoms with E-state index in [1.165, 1.54) is 15.6 Å². The van der Waals surface area contributed by atoms with Gasteiger partial charge in [-0.15, -0.1) is 22.9 Å². The van der Waals surface area contributed by atoms with Crippen LogP contribution in [0.2, 0.25) is 0 Å². The summed E-state index contributed by atoms with van der Waals surface area (Å²) in [4.78, 5) is 0.281. The molecule has 20 heavy (non-hydrogen) atoms. The SMILES string of the molecule is CN(Cc1csc(Br)c1)S(=O)(=O)c1ccc(CCl)cc1. The molecule has 0 saturated carbocycles. The van der Waals surface area contributed by atoms with Crippen LogP contribution >= 0.6 is 38.9 Å². The lowest BCUT2D eigenvalue weighted by Crippen LogP contribution is -2.26. The van der Waals surface area contributed by atoms with Crippen LogP contribution < -0.4 is 0 Å². The fourth-order valence-corrected chi connectivity index (χ4v) is 4.24. The van der Waals surface area contributed by atoms with E-state index in [1.807, 2.05) is 11.4 Å². The van der Waals surface area contributed by atoms with E-state index in [2.05, 4.69) is 15.9 Å². The van der Waals surface area contributed by atoms with Crippen LogP contribution in [0.25, 0.3) is 0 Å². The quantitative estimate of drug-likeness (QED) is 0.717. The van der Waals surface area contributed by atoms with E-state index in [0.717, 1.165) is 14.9 Å². The van der Waals surface area contributed by atoms with Gasteiger partial charge in [0.25, 0.3) is 0 Å². The Kier molecular flexibility index (Phi) is 5.25. The van der Waals surface area contributed by atoms with E-state index >= 15 is 0 Å². The van der Waals surface area contributed by atoms with Gasteiger partial charge in [-0.3, -0.25) is 0 Å². The number of alkyl halides is 1. The topological polar surface area (TPSA) is 37.4 Å². The zero-order valence-corrected chi connectivity index (χ0v) is 14.7. The minimum absolute atomic E-state index is 0.281. The molecule has 0 fully saturated rings. The molecule has 0 radical (unpaired) electrons. The van der Waals surface area contributed by atoms with Crippen molar-refractivity contribution >= 4 is 48.9 Å². The standard InChI is InChI=1S/C13H13BrClNO2S2/c1-16(8-11-6-13(14)19-9-11)20(17,18)12-4-2-10(7-15)3-5-12/h2-6,9H,7-8H2,1H3. The Morgan fingerprint density at radius 2 is 1.90 bits per heavy atom. The maximum absolute atomic E-state index is 12.4. The first-order valence-corrected chi connectivity index (χ1v) is 9.42. The summed E-state index contributed by atoms with van der Waals surface area (Å²) >= 11 is 10.6. The van der Waals surface area contributed by atoms with Gasteiger partial charge < -0.3 is 0 Å². The smallest absolute Gasteiger partial charge is 0.207 e. The van der Waals surface area contributed by atoms with E-state index in [0.29, 0.717) is 12.4 Å². The van der Waals surface area contributed by atoms with Gasteiger partial charge in [-0.25, -0.2) is 8.42 Å². The lowest BCUT2D eigenvalue weighted by molar-refractivity contribution is 0.467. The van der Waals surface area contributed by atoms with Gasteiger partial charge in [0, 0.05) is 19.5 Å². The molecule has 0 aliphatic carbocycles. The van der Waals surface area contributed by atoms with Crippen molar-refractivity contribution in [3.05, 3.63) is 50.6 Å². The third-order valence-corrected chi connectivity index (χ3v) is 6.49. The highest BCUT2D eigenvalue weighted by Gasteiger charge is 2.21. The third-order valence-electron chi connectivity index (χ3n) is 2.81. The summed E-state index contributed by atoms with van der Waals surface area (Å²) in [6, 6.07) is 8.57. The predicted octanol–water partition coefficient (Wildman–Crippen LogP) is 4.07. The Labute approximate surface area is 136 Å². The number of nitrogens with zero attached hydrogens (tertiary/aromatic N) is 1. The van der Waals surface area contributed by atoms with Gasteiger partial charge in [-0.2, -0.15) is 4.31 Å². The molecule has 0 spiro atoms. The van der Waals surface area contributed by atoms with Crippen molar-refractivity contribution in [1.82, 2.24) is 4.31 Å². The molecule has 0 N–H and O–H groups in total. The molecule has 0 amide bonds. The zero-order valence-electron chi connectivity index (χ0n) is 10.7. The summed E-state index contributed by atoms with van der Waals surface area (Å²) < 4.78 is 27.2. The lowest BCUT2D eigenvalue weighted by atomic mass is 10.2. The molecular weight excluding hydrogens is 382 g/mol. The van der Waals surface area contributed by atoms with Gasteiger partial charge in [-0.05, 0) is 50.6 Å². The summed E-state index contributed by atoms with van der Waals surface area (Å²) in [5.41, 5.74) is 1.86. The normalized spacial score (nSPS) is 12.0. The minimum Gasteiger partial charge on any atom is -0.207 e. The molecule has 108 valence electrons. The van der Waals surface area contributed by atoms with E-state index < -0.39 is 10.0 Å². The number of benzene rings is 1. The summed E-state index contributed by atoms with van der Waals surface area (Å²) in [6.07, 6.45) is 0. The molecule has 0 saturated heterocycles. The highest BCUT2D eigenvalue weighted by atomic mass is 79.9. The molecule has 1 heterocycles. The van der Waals surface area contributed by atoms with Crippen LogP contribution in [0.15, 0.2) is 44.4 Å². The molecule has 1 aromatic carbocycles. The summed E-state index contributed by atoms with van der Waals surface area (Å²) in [5.74, 6) is 0.374. The van der Waals surface area contributed by atoms with Crippen molar-refractivity contribution in [2.45, 2.75) is 17.3 Å². The van der Waals surface area contributed by atoms with Crippen molar-refractivity contribution in [2.75, 3.05) is 7.05 Å². The molecule has 7 heteroatoms. The number of halogens is 2. The first-order chi connectivity index (χ1) is 9.43. The van der Waals surface area contributed by atoms with Crippen molar-refractivity contribution < 1.29 is 8.42 Å². The van der Waals surface area contributed by atoms with E-state index in [4.69, 9.17) is 11.6 Å². The lowest BCUT2D eigenvalue weighted by Gasteiger charge is -2.16. The van der Waals surface area contributed by atoms with Crippen LogP contribution in [0.1, 0.15) is 11.1 Å². The summed E-state index contributed by atoms with van der Waals surface area (Å²) in [6.45, 7) is 0.349. The van der Waals surface area contributed by atoms with Crippen LogP contribution in [0.4, 0.5) is 0 Å². The van der Waals surface area contributed by atoms with Gasteiger partial charge in [0.1, 0.15) is 0 Å². The van der Waals surface area contributed by atoms with E-state index in [1.54, 1.807) is 31.3 Å². The Hall–Kier alpha value is -0.400. The molecule has 0 bridgehead atoms. The largest absolute Gasteiger partial charge is 0.243 e. The van der Waals surface area contributed by atoms with Gasteiger partial charge in [0.2, 0.25) is 10.0 Å². The fraction of sp³-hybridized carbons (Fsp3) is 0.231. The second kappa shape index (κ2) is 6.58. The van der Waals surface area contributed by atoms with E-state index in [-0.39, 0.29) is 4.90 Å².